The highest BCUT2D eigenvalue weighted by Gasteiger charge is 2.18. The topological polar surface area (TPSA) is 98.2 Å². The standard InChI is InChI=1S/C12H15N5O2S/c1-8(5-9-3-4-20-7-9)16(2)12-14-6-10(17(18)19)11(13)15-12/h3-4,6-8H,5H2,1-2H3,(H2,13,14,15). The highest BCUT2D eigenvalue weighted by atomic mass is 32.1. The number of rotatable bonds is 5. The van der Waals surface area contributed by atoms with E-state index in [4.69, 9.17) is 5.73 Å². The van der Waals surface area contributed by atoms with Crippen LogP contribution in [0.2, 0.25) is 0 Å². The van der Waals surface area contributed by atoms with Gasteiger partial charge in [0.25, 0.3) is 0 Å². The largest absolute Gasteiger partial charge is 0.378 e. The van der Waals surface area contributed by atoms with Gasteiger partial charge >= 0.3 is 5.69 Å². The number of nitro groups is 1. The van der Waals surface area contributed by atoms with E-state index in [2.05, 4.69) is 21.4 Å². The lowest BCUT2D eigenvalue weighted by Crippen LogP contribution is -2.32. The number of hydrogen-bond acceptors (Lipinski definition) is 7. The zero-order valence-electron chi connectivity index (χ0n) is 11.2. The van der Waals surface area contributed by atoms with Gasteiger partial charge in [0, 0.05) is 13.1 Å². The molecule has 20 heavy (non-hydrogen) atoms. The molecule has 2 aromatic heterocycles. The van der Waals surface area contributed by atoms with Crippen molar-refractivity contribution < 1.29 is 4.92 Å². The molecule has 106 valence electrons. The van der Waals surface area contributed by atoms with Crippen LogP contribution in [-0.4, -0.2) is 28.0 Å². The quantitative estimate of drug-likeness (QED) is 0.669. The number of nitrogens with two attached hydrogens (primary N) is 1. The molecule has 2 heterocycles. The van der Waals surface area contributed by atoms with Crippen LogP contribution < -0.4 is 10.6 Å². The van der Waals surface area contributed by atoms with Crippen molar-refractivity contribution in [1.29, 1.82) is 0 Å². The van der Waals surface area contributed by atoms with Crippen LogP contribution in [0.25, 0.3) is 0 Å². The third kappa shape index (κ3) is 3.02. The van der Waals surface area contributed by atoms with Crippen molar-refractivity contribution >= 4 is 28.8 Å². The second-order valence-corrected chi connectivity index (χ2v) is 5.27. The number of hydrogen-bond donors (Lipinski definition) is 1. The number of nitrogen functional groups attached to an aromatic ring is 1. The van der Waals surface area contributed by atoms with Crippen molar-refractivity contribution in [2.45, 2.75) is 19.4 Å². The van der Waals surface area contributed by atoms with Crippen LogP contribution >= 0.6 is 11.3 Å². The van der Waals surface area contributed by atoms with E-state index < -0.39 is 4.92 Å². The summed E-state index contributed by atoms with van der Waals surface area (Å²) < 4.78 is 0. The van der Waals surface area contributed by atoms with Crippen LogP contribution in [0.1, 0.15) is 12.5 Å². The van der Waals surface area contributed by atoms with Crippen molar-refractivity contribution in [3.63, 3.8) is 0 Å². The van der Waals surface area contributed by atoms with Gasteiger partial charge in [-0.3, -0.25) is 10.1 Å². The van der Waals surface area contributed by atoms with Crippen molar-refractivity contribution in [2.24, 2.45) is 0 Å². The van der Waals surface area contributed by atoms with Gasteiger partial charge < -0.3 is 10.6 Å². The molecule has 0 saturated carbocycles. The van der Waals surface area contributed by atoms with Crippen LogP contribution in [0.3, 0.4) is 0 Å². The van der Waals surface area contributed by atoms with E-state index in [1.54, 1.807) is 11.3 Å². The molecule has 2 N–H and O–H groups in total. The molecule has 0 bridgehead atoms. The smallest absolute Gasteiger partial charge is 0.329 e. The minimum Gasteiger partial charge on any atom is -0.378 e. The van der Waals surface area contributed by atoms with Crippen LogP contribution in [0.4, 0.5) is 17.5 Å². The summed E-state index contributed by atoms with van der Waals surface area (Å²) >= 11 is 1.65. The molecule has 0 radical (unpaired) electrons. The predicted molar refractivity (Wildman–Crippen MR) is 79.0 cm³/mol. The number of thiophene rings is 1. The van der Waals surface area contributed by atoms with Crippen LogP contribution in [0.5, 0.6) is 0 Å². The Morgan fingerprint density at radius 2 is 2.35 bits per heavy atom. The molecule has 0 aliphatic rings. The average molecular weight is 293 g/mol. The van der Waals surface area contributed by atoms with Crippen LogP contribution in [0, 0.1) is 10.1 Å². The first-order valence-corrected chi connectivity index (χ1v) is 6.94. The maximum atomic E-state index is 10.7. The van der Waals surface area contributed by atoms with Crippen molar-refractivity contribution in [3.05, 3.63) is 38.7 Å². The Morgan fingerprint density at radius 3 is 2.90 bits per heavy atom. The Kier molecular flexibility index (Phi) is 4.14. The molecule has 1 unspecified atom stereocenters. The minimum absolute atomic E-state index is 0.116. The number of anilines is 2. The first-order valence-electron chi connectivity index (χ1n) is 6.00. The Bertz CT molecular complexity index is 602. The van der Waals surface area contributed by atoms with Gasteiger partial charge in [-0.25, -0.2) is 4.98 Å². The maximum Gasteiger partial charge on any atom is 0.329 e. The zero-order valence-corrected chi connectivity index (χ0v) is 12.0. The van der Waals surface area contributed by atoms with Gasteiger partial charge in [0.05, 0.1) is 4.92 Å². The van der Waals surface area contributed by atoms with Crippen molar-refractivity contribution in [1.82, 2.24) is 9.97 Å². The molecule has 7 nitrogen and oxygen atoms in total. The lowest BCUT2D eigenvalue weighted by Gasteiger charge is -2.24. The molecule has 0 amide bonds. The van der Waals surface area contributed by atoms with E-state index in [0.717, 1.165) is 12.6 Å². The predicted octanol–water partition coefficient (Wildman–Crippen LogP) is 2.10. The summed E-state index contributed by atoms with van der Waals surface area (Å²) in [6.07, 6.45) is 1.99. The SMILES string of the molecule is CC(Cc1ccsc1)N(C)c1ncc([N+](=O)[O-])c(N)n1. The zero-order chi connectivity index (χ0) is 14.7. The second kappa shape index (κ2) is 5.83. The third-order valence-corrected chi connectivity index (χ3v) is 3.80. The van der Waals surface area contributed by atoms with E-state index in [1.807, 2.05) is 24.3 Å². The average Bonchev–Trinajstić information content (AvgIpc) is 2.90. The summed E-state index contributed by atoms with van der Waals surface area (Å²) in [6, 6.07) is 2.23. The van der Waals surface area contributed by atoms with Gasteiger partial charge in [-0.1, -0.05) is 0 Å². The monoisotopic (exact) mass is 293 g/mol. The summed E-state index contributed by atoms with van der Waals surface area (Å²) in [5, 5.41) is 14.8. The van der Waals surface area contributed by atoms with Crippen molar-refractivity contribution in [2.75, 3.05) is 17.7 Å². The molecule has 2 aromatic rings. The molecule has 0 aliphatic carbocycles. The first kappa shape index (κ1) is 14.2. The van der Waals surface area contributed by atoms with Gasteiger partial charge in [0.2, 0.25) is 11.8 Å². The summed E-state index contributed by atoms with van der Waals surface area (Å²) in [5.41, 5.74) is 6.55. The van der Waals surface area contributed by atoms with E-state index in [-0.39, 0.29) is 17.5 Å². The molecule has 0 fully saturated rings. The van der Waals surface area contributed by atoms with Gasteiger partial charge in [0.15, 0.2) is 0 Å². The van der Waals surface area contributed by atoms with Gasteiger partial charge in [-0.15, -0.1) is 0 Å². The van der Waals surface area contributed by atoms with Gasteiger partial charge in [-0.05, 0) is 35.7 Å². The molecule has 2 rings (SSSR count). The fourth-order valence-corrected chi connectivity index (χ4v) is 2.45. The highest BCUT2D eigenvalue weighted by molar-refractivity contribution is 7.07. The van der Waals surface area contributed by atoms with E-state index in [9.17, 15) is 10.1 Å². The Balaban J connectivity index is 2.14. The normalized spacial score (nSPS) is 12.1. The van der Waals surface area contributed by atoms with E-state index in [0.29, 0.717) is 5.95 Å². The minimum atomic E-state index is -0.589. The maximum absolute atomic E-state index is 10.7. The lowest BCUT2D eigenvalue weighted by atomic mass is 10.1. The van der Waals surface area contributed by atoms with Crippen LogP contribution in [-0.2, 0) is 6.42 Å². The van der Waals surface area contributed by atoms with Crippen molar-refractivity contribution in [3.8, 4) is 0 Å². The summed E-state index contributed by atoms with van der Waals surface area (Å²) in [4.78, 5) is 20.0. The number of nitrogens with zero attached hydrogens (tertiary/aromatic N) is 4. The number of aromatic nitrogens is 2. The Morgan fingerprint density at radius 1 is 1.60 bits per heavy atom. The molecular weight excluding hydrogens is 278 g/mol. The molecule has 0 aliphatic heterocycles. The van der Waals surface area contributed by atoms with E-state index in [1.165, 1.54) is 5.56 Å². The molecule has 1 atom stereocenters. The van der Waals surface area contributed by atoms with Gasteiger partial charge in [0.1, 0.15) is 6.20 Å². The Labute approximate surface area is 120 Å². The summed E-state index contributed by atoms with van der Waals surface area (Å²) in [6.45, 7) is 2.04. The molecule has 0 spiro atoms. The summed E-state index contributed by atoms with van der Waals surface area (Å²) in [7, 11) is 1.84. The summed E-state index contributed by atoms with van der Waals surface area (Å²) in [5.74, 6) is 0.269. The highest BCUT2D eigenvalue weighted by Crippen LogP contribution is 2.21. The molecule has 8 heteroatoms. The van der Waals surface area contributed by atoms with Crippen LogP contribution in [0.15, 0.2) is 23.0 Å². The van der Waals surface area contributed by atoms with Gasteiger partial charge in [-0.2, -0.15) is 16.3 Å². The fraction of sp³-hybridized carbons (Fsp3) is 0.333. The second-order valence-electron chi connectivity index (χ2n) is 4.49. The van der Waals surface area contributed by atoms with E-state index >= 15 is 0 Å². The Hall–Kier alpha value is -2.22. The molecule has 0 aromatic carbocycles. The molecular formula is C12H15N5O2S. The fourth-order valence-electron chi connectivity index (χ4n) is 1.77. The third-order valence-electron chi connectivity index (χ3n) is 3.07. The lowest BCUT2D eigenvalue weighted by molar-refractivity contribution is -0.384. The first-order chi connectivity index (χ1) is 9.49. The molecule has 0 saturated heterocycles. The number of likely N-dealkylation sites (N-methyl/N-ethyl adjacent to an activating group) is 1.